The van der Waals surface area contributed by atoms with Crippen LogP contribution in [0.3, 0.4) is 0 Å². The molecular formula is C28H31FN6O3. The minimum Gasteiger partial charge on any atom is -0.454 e. The van der Waals surface area contributed by atoms with Gasteiger partial charge in [0.05, 0.1) is 17.6 Å². The molecule has 0 radical (unpaired) electrons. The quantitative estimate of drug-likeness (QED) is 0.349. The molecule has 1 N–H and O–H groups in total. The molecule has 1 saturated carbocycles. The number of tetrazole rings is 1. The predicted octanol–water partition coefficient (Wildman–Crippen LogP) is 5.04. The first-order valence-electron chi connectivity index (χ1n) is 13.3. The Morgan fingerprint density at radius 1 is 1.08 bits per heavy atom. The van der Waals surface area contributed by atoms with E-state index >= 15 is 0 Å². The second-order valence-corrected chi connectivity index (χ2v) is 10.1. The van der Waals surface area contributed by atoms with Crippen molar-refractivity contribution in [3.8, 4) is 11.5 Å². The Balaban J connectivity index is 1.37. The zero-order chi connectivity index (χ0) is 26.1. The number of rotatable bonds is 8. The number of aromatic nitrogens is 5. The fourth-order valence-electron chi connectivity index (χ4n) is 5.69. The van der Waals surface area contributed by atoms with Gasteiger partial charge < -0.3 is 14.5 Å². The Morgan fingerprint density at radius 2 is 1.84 bits per heavy atom. The molecular weight excluding hydrogens is 487 g/mol. The third-order valence-corrected chi connectivity index (χ3v) is 7.65. The van der Waals surface area contributed by atoms with E-state index in [0.717, 1.165) is 36.0 Å². The summed E-state index contributed by atoms with van der Waals surface area (Å²) in [7, 11) is 0. The van der Waals surface area contributed by atoms with Crippen molar-refractivity contribution in [2.24, 2.45) is 0 Å². The number of aromatic amines is 1. The SMILES string of the molecule is CC[C@@H](c1nnnn1C1CCCCC1)N(Cc1ccc(F)cc1)Cc1cc2cc3c(cc2[nH]c1=O)OCO3. The van der Waals surface area contributed by atoms with E-state index in [0.29, 0.717) is 35.7 Å². The smallest absolute Gasteiger partial charge is 0.252 e. The lowest BCUT2D eigenvalue weighted by Gasteiger charge is -2.32. The van der Waals surface area contributed by atoms with Gasteiger partial charge in [0.15, 0.2) is 17.3 Å². The van der Waals surface area contributed by atoms with Crippen LogP contribution in [-0.2, 0) is 13.1 Å². The third-order valence-electron chi connectivity index (χ3n) is 7.65. The van der Waals surface area contributed by atoms with Crippen molar-refractivity contribution in [2.45, 2.75) is 70.6 Å². The summed E-state index contributed by atoms with van der Waals surface area (Å²) in [6.45, 7) is 3.15. The molecule has 0 bridgehead atoms. The highest BCUT2D eigenvalue weighted by atomic mass is 19.1. The van der Waals surface area contributed by atoms with Gasteiger partial charge in [0.2, 0.25) is 6.79 Å². The molecule has 3 heterocycles. The molecule has 1 aliphatic heterocycles. The van der Waals surface area contributed by atoms with E-state index in [1.54, 1.807) is 18.2 Å². The molecule has 0 spiro atoms. The second-order valence-electron chi connectivity index (χ2n) is 10.1. The van der Waals surface area contributed by atoms with Gasteiger partial charge in [-0.2, -0.15) is 0 Å². The van der Waals surface area contributed by atoms with Crippen LogP contribution in [0.1, 0.15) is 74.5 Å². The monoisotopic (exact) mass is 518 g/mol. The highest BCUT2D eigenvalue weighted by molar-refractivity contribution is 5.83. The van der Waals surface area contributed by atoms with Crippen LogP contribution in [0.25, 0.3) is 10.9 Å². The fourth-order valence-corrected chi connectivity index (χ4v) is 5.69. The number of benzene rings is 2. The van der Waals surface area contributed by atoms with Crippen LogP contribution in [-0.4, -0.2) is 36.9 Å². The van der Waals surface area contributed by atoms with E-state index in [1.807, 2.05) is 16.8 Å². The molecule has 2 aromatic heterocycles. The molecule has 2 aliphatic rings. The standard InChI is InChI=1S/C28H31FN6O3/c1-2-24(27-31-32-33-35(27)22-6-4-3-5-7-22)34(15-18-8-10-21(29)11-9-18)16-20-12-19-13-25-26(38-17-37-25)14-23(19)30-28(20)36/h8-14,22,24H,2-7,15-17H2,1H3,(H,30,36)/t24-/m0/s1. The van der Waals surface area contributed by atoms with Crippen molar-refractivity contribution in [1.29, 1.82) is 0 Å². The number of hydrogen-bond donors (Lipinski definition) is 1. The second kappa shape index (κ2) is 10.5. The molecule has 2 aromatic carbocycles. The summed E-state index contributed by atoms with van der Waals surface area (Å²) in [4.78, 5) is 18.4. The van der Waals surface area contributed by atoms with Crippen LogP contribution < -0.4 is 15.0 Å². The van der Waals surface area contributed by atoms with E-state index < -0.39 is 0 Å². The minimum absolute atomic E-state index is 0.135. The minimum atomic E-state index is -0.279. The van der Waals surface area contributed by atoms with Crippen molar-refractivity contribution in [3.05, 3.63) is 75.6 Å². The number of fused-ring (bicyclic) bond motifs is 2. The fraction of sp³-hybridized carbons (Fsp3) is 0.429. The average molecular weight is 519 g/mol. The maximum atomic E-state index is 13.7. The van der Waals surface area contributed by atoms with E-state index in [-0.39, 0.29) is 30.3 Å². The zero-order valence-electron chi connectivity index (χ0n) is 21.4. The maximum absolute atomic E-state index is 13.7. The van der Waals surface area contributed by atoms with Crippen molar-refractivity contribution < 1.29 is 13.9 Å². The van der Waals surface area contributed by atoms with Gasteiger partial charge in [0.25, 0.3) is 5.56 Å². The Morgan fingerprint density at radius 3 is 2.61 bits per heavy atom. The average Bonchev–Trinajstić information content (AvgIpc) is 3.60. The molecule has 0 unspecified atom stereocenters. The van der Waals surface area contributed by atoms with Crippen LogP contribution in [0.15, 0.2) is 47.3 Å². The van der Waals surface area contributed by atoms with Gasteiger partial charge in [-0.1, -0.05) is 38.3 Å². The van der Waals surface area contributed by atoms with Crippen molar-refractivity contribution in [1.82, 2.24) is 30.1 Å². The van der Waals surface area contributed by atoms with E-state index in [2.05, 4.69) is 32.3 Å². The van der Waals surface area contributed by atoms with Crippen molar-refractivity contribution in [3.63, 3.8) is 0 Å². The molecule has 38 heavy (non-hydrogen) atoms. The van der Waals surface area contributed by atoms with Gasteiger partial charge in [-0.3, -0.25) is 9.69 Å². The summed E-state index contributed by atoms with van der Waals surface area (Å²) >= 11 is 0. The summed E-state index contributed by atoms with van der Waals surface area (Å²) < 4.78 is 26.7. The molecule has 4 aromatic rings. The van der Waals surface area contributed by atoms with Gasteiger partial charge in [-0.15, -0.1) is 5.10 Å². The van der Waals surface area contributed by atoms with E-state index in [1.165, 1.54) is 31.4 Å². The van der Waals surface area contributed by atoms with Crippen LogP contribution >= 0.6 is 0 Å². The van der Waals surface area contributed by atoms with Crippen LogP contribution in [0, 0.1) is 5.82 Å². The Hall–Kier alpha value is -3.79. The third kappa shape index (κ3) is 4.88. The number of nitrogens with zero attached hydrogens (tertiary/aromatic N) is 5. The zero-order valence-corrected chi connectivity index (χ0v) is 21.4. The molecule has 1 atom stereocenters. The lowest BCUT2D eigenvalue weighted by Crippen LogP contribution is -2.33. The Bertz CT molecular complexity index is 1480. The normalized spacial score (nSPS) is 16.4. The summed E-state index contributed by atoms with van der Waals surface area (Å²) in [5.41, 5.74) is 2.10. The Kier molecular flexibility index (Phi) is 6.80. The number of nitrogens with one attached hydrogen (secondary N) is 1. The molecule has 1 fully saturated rings. The first-order chi connectivity index (χ1) is 18.6. The lowest BCUT2D eigenvalue weighted by molar-refractivity contribution is 0.155. The molecule has 1 aliphatic carbocycles. The number of hydrogen-bond acceptors (Lipinski definition) is 7. The molecule has 0 saturated heterocycles. The van der Waals surface area contributed by atoms with Gasteiger partial charge in [0.1, 0.15) is 5.82 Å². The molecule has 10 heteroatoms. The Labute approximate surface area is 219 Å². The summed E-state index contributed by atoms with van der Waals surface area (Å²) in [6.07, 6.45) is 6.46. The van der Waals surface area contributed by atoms with E-state index in [4.69, 9.17) is 9.47 Å². The number of pyridine rings is 1. The molecule has 0 amide bonds. The first kappa shape index (κ1) is 24.5. The molecule has 198 valence electrons. The largest absolute Gasteiger partial charge is 0.454 e. The first-order valence-corrected chi connectivity index (χ1v) is 13.3. The predicted molar refractivity (Wildman–Crippen MR) is 139 cm³/mol. The molecule has 6 rings (SSSR count). The summed E-state index contributed by atoms with van der Waals surface area (Å²) in [6, 6.07) is 12.2. The van der Waals surface area contributed by atoms with Gasteiger partial charge in [-0.05, 0) is 59.5 Å². The van der Waals surface area contributed by atoms with Crippen LogP contribution in [0.5, 0.6) is 11.5 Å². The van der Waals surface area contributed by atoms with Gasteiger partial charge in [-0.25, -0.2) is 9.07 Å². The van der Waals surface area contributed by atoms with Crippen molar-refractivity contribution in [2.75, 3.05) is 6.79 Å². The number of H-pyrrole nitrogens is 1. The highest BCUT2D eigenvalue weighted by Gasteiger charge is 2.29. The van der Waals surface area contributed by atoms with Gasteiger partial charge in [0, 0.05) is 30.1 Å². The van der Waals surface area contributed by atoms with Crippen molar-refractivity contribution >= 4 is 10.9 Å². The van der Waals surface area contributed by atoms with Gasteiger partial charge >= 0.3 is 0 Å². The molecule has 9 nitrogen and oxygen atoms in total. The summed E-state index contributed by atoms with van der Waals surface area (Å²) in [5.74, 6) is 1.82. The highest BCUT2D eigenvalue weighted by Crippen LogP contribution is 2.36. The summed E-state index contributed by atoms with van der Waals surface area (Å²) in [5, 5.41) is 13.8. The maximum Gasteiger partial charge on any atom is 0.252 e. The van der Waals surface area contributed by atoms with Crippen LogP contribution in [0.2, 0.25) is 0 Å². The topological polar surface area (TPSA) is 98.2 Å². The number of ether oxygens (including phenoxy) is 2. The van der Waals surface area contributed by atoms with E-state index in [9.17, 15) is 9.18 Å². The number of halogens is 1. The van der Waals surface area contributed by atoms with Crippen LogP contribution in [0.4, 0.5) is 4.39 Å². The lowest BCUT2D eigenvalue weighted by atomic mass is 9.95.